The van der Waals surface area contributed by atoms with E-state index < -0.39 is 0 Å². The molecule has 0 bridgehead atoms. The number of rotatable bonds is 7. The Labute approximate surface area is 121 Å². The zero-order chi connectivity index (χ0) is 13.7. The highest BCUT2D eigenvalue weighted by Gasteiger charge is 2.34. The van der Waals surface area contributed by atoms with Crippen LogP contribution in [0.2, 0.25) is 0 Å². The lowest BCUT2D eigenvalue weighted by molar-refractivity contribution is -0.131. The van der Waals surface area contributed by atoms with E-state index in [-0.39, 0.29) is 11.2 Å². The monoisotopic (exact) mass is 277 g/mol. The van der Waals surface area contributed by atoms with Gasteiger partial charge in [-0.2, -0.15) is 12.6 Å². The van der Waals surface area contributed by atoms with Crippen LogP contribution < -0.4 is 0 Å². The molecule has 1 aliphatic rings. The van der Waals surface area contributed by atoms with Crippen molar-refractivity contribution in [1.29, 1.82) is 0 Å². The van der Waals surface area contributed by atoms with Gasteiger partial charge in [0.25, 0.3) is 0 Å². The molecule has 1 aromatic carbocycles. The minimum atomic E-state index is -0.208. The molecule has 0 N–H and O–H groups in total. The summed E-state index contributed by atoms with van der Waals surface area (Å²) < 4.78 is 0. The molecule has 2 nitrogen and oxygen atoms in total. The van der Waals surface area contributed by atoms with Crippen molar-refractivity contribution in [2.75, 3.05) is 6.54 Å². The van der Waals surface area contributed by atoms with Gasteiger partial charge in [0.05, 0.1) is 5.25 Å². The number of nitrogens with zero attached hydrogens (tertiary/aromatic N) is 1. The average Bonchev–Trinajstić information content (AvgIpc) is 3.24. The highest BCUT2D eigenvalue weighted by atomic mass is 32.1. The standard InChI is InChI=1S/C16H23NOS/c1-2-3-11-17(14-9-10-14)16(18)15(19)12-13-7-5-4-6-8-13/h4-8,14-15,19H,2-3,9-12H2,1H3. The van der Waals surface area contributed by atoms with E-state index >= 15 is 0 Å². The van der Waals surface area contributed by atoms with Crippen molar-refractivity contribution in [3.63, 3.8) is 0 Å². The maximum Gasteiger partial charge on any atom is 0.236 e. The first kappa shape index (κ1) is 14.4. The zero-order valence-electron chi connectivity index (χ0n) is 11.6. The van der Waals surface area contributed by atoms with Crippen molar-refractivity contribution in [1.82, 2.24) is 4.90 Å². The number of carbonyl (C=O) groups is 1. The topological polar surface area (TPSA) is 20.3 Å². The molecular weight excluding hydrogens is 254 g/mol. The molecule has 0 aliphatic heterocycles. The van der Waals surface area contributed by atoms with Gasteiger partial charge in [0.15, 0.2) is 0 Å². The molecular formula is C16H23NOS. The fourth-order valence-corrected chi connectivity index (χ4v) is 2.66. The first-order valence-corrected chi connectivity index (χ1v) is 7.76. The Morgan fingerprint density at radius 3 is 2.63 bits per heavy atom. The summed E-state index contributed by atoms with van der Waals surface area (Å²) in [6.07, 6.45) is 5.28. The highest BCUT2D eigenvalue weighted by Crippen LogP contribution is 2.28. The molecule has 1 aromatic rings. The summed E-state index contributed by atoms with van der Waals surface area (Å²) in [6.45, 7) is 3.06. The van der Waals surface area contributed by atoms with Crippen molar-refractivity contribution < 1.29 is 4.79 Å². The van der Waals surface area contributed by atoms with Crippen LogP contribution in [0.3, 0.4) is 0 Å². The van der Waals surface area contributed by atoms with Gasteiger partial charge in [0, 0.05) is 12.6 Å². The lowest BCUT2D eigenvalue weighted by atomic mass is 10.1. The van der Waals surface area contributed by atoms with E-state index in [0.717, 1.165) is 25.8 Å². The van der Waals surface area contributed by atoms with Gasteiger partial charge in [0.1, 0.15) is 0 Å². The molecule has 0 aromatic heterocycles. The van der Waals surface area contributed by atoms with Crippen LogP contribution in [0.15, 0.2) is 30.3 Å². The third kappa shape index (κ3) is 4.27. The summed E-state index contributed by atoms with van der Waals surface area (Å²) in [5, 5.41) is -0.208. The van der Waals surface area contributed by atoms with Crippen LogP contribution in [-0.2, 0) is 11.2 Å². The van der Waals surface area contributed by atoms with E-state index in [0.29, 0.717) is 6.04 Å². The second-order valence-corrected chi connectivity index (χ2v) is 5.95. The summed E-state index contributed by atoms with van der Waals surface area (Å²) >= 11 is 4.53. The Bertz CT molecular complexity index is 402. The maximum absolute atomic E-state index is 12.5. The molecule has 0 saturated heterocycles. The second kappa shape index (κ2) is 6.99. The third-order valence-electron chi connectivity index (χ3n) is 3.58. The van der Waals surface area contributed by atoms with Crippen molar-refractivity contribution in [3.8, 4) is 0 Å². The summed E-state index contributed by atoms with van der Waals surface area (Å²) in [7, 11) is 0. The summed E-state index contributed by atoms with van der Waals surface area (Å²) in [6, 6.07) is 10.6. The van der Waals surface area contributed by atoms with E-state index in [4.69, 9.17) is 0 Å². The predicted molar refractivity (Wildman–Crippen MR) is 82.6 cm³/mol. The van der Waals surface area contributed by atoms with E-state index in [1.165, 1.54) is 18.4 Å². The van der Waals surface area contributed by atoms with Gasteiger partial charge < -0.3 is 4.90 Å². The van der Waals surface area contributed by atoms with Crippen molar-refractivity contribution in [2.45, 2.75) is 50.3 Å². The number of hydrogen-bond donors (Lipinski definition) is 1. The van der Waals surface area contributed by atoms with Gasteiger partial charge in [-0.05, 0) is 31.2 Å². The van der Waals surface area contributed by atoms with Crippen LogP contribution >= 0.6 is 12.6 Å². The molecule has 3 heteroatoms. The van der Waals surface area contributed by atoms with Crippen LogP contribution in [0.4, 0.5) is 0 Å². The molecule has 0 heterocycles. The SMILES string of the molecule is CCCCN(C(=O)C(S)Cc1ccccc1)C1CC1. The van der Waals surface area contributed by atoms with Gasteiger partial charge in [-0.15, -0.1) is 0 Å². The van der Waals surface area contributed by atoms with Gasteiger partial charge in [-0.1, -0.05) is 43.7 Å². The van der Waals surface area contributed by atoms with Crippen LogP contribution in [0, 0.1) is 0 Å². The lowest BCUT2D eigenvalue weighted by Crippen LogP contribution is -2.40. The van der Waals surface area contributed by atoms with Crippen LogP contribution in [0.5, 0.6) is 0 Å². The number of benzene rings is 1. The summed E-state index contributed by atoms with van der Waals surface area (Å²) in [5.74, 6) is 0.211. The smallest absolute Gasteiger partial charge is 0.236 e. The van der Waals surface area contributed by atoms with E-state index in [9.17, 15) is 4.79 Å². The van der Waals surface area contributed by atoms with Crippen LogP contribution in [-0.4, -0.2) is 28.6 Å². The molecule has 19 heavy (non-hydrogen) atoms. The second-order valence-electron chi connectivity index (χ2n) is 5.32. The Kier molecular flexibility index (Phi) is 5.32. The van der Waals surface area contributed by atoms with Gasteiger partial charge in [-0.3, -0.25) is 4.79 Å². The molecule has 1 unspecified atom stereocenters. The molecule has 1 atom stereocenters. The Morgan fingerprint density at radius 2 is 2.05 bits per heavy atom. The first-order valence-electron chi connectivity index (χ1n) is 7.25. The number of unbranched alkanes of at least 4 members (excludes halogenated alkanes) is 1. The molecule has 1 aliphatic carbocycles. The molecule has 1 saturated carbocycles. The van der Waals surface area contributed by atoms with E-state index in [1.54, 1.807) is 0 Å². The Balaban J connectivity index is 1.92. The molecule has 1 fully saturated rings. The number of amides is 1. The highest BCUT2D eigenvalue weighted by molar-refractivity contribution is 7.81. The van der Waals surface area contributed by atoms with Crippen molar-refractivity contribution >= 4 is 18.5 Å². The fraction of sp³-hybridized carbons (Fsp3) is 0.562. The van der Waals surface area contributed by atoms with Gasteiger partial charge in [0.2, 0.25) is 5.91 Å². The largest absolute Gasteiger partial charge is 0.339 e. The average molecular weight is 277 g/mol. The minimum Gasteiger partial charge on any atom is -0.339 e. The lowest BCUT2D eigenvalue weighted by Gasteiger charge is -2.25. The maximum atomic E-state index is 12.5. The van der Waals surface area contributed by atoms with Crippen molar-refractivity contribution in [2.24, 2.45) is 0 Å². The normalized spacial score (nSPS) is 16.1. The Morgan fingerprint density at radius 1 is 1.37 bits per heavy atom. The Hall–Kier alpha value is -0.960. The van der Waals surface area contributed by atoms with E-state index in [2.05, 4.69) is 36.6 Å². The first-order chi connectivity index (χ1) is 9.22. The van der Waals surface area contributed by atoms with Gasteiger partial charge >= 0.3 is 0 Å². The van der Waals surface area contributed by atoms with Gasteiger partial charge in [-0.25, -0.2) is 0 Å². The third-order valence-corrected chi connectivity index (χ3v) is 3.98. The molecule has 104 valence electrons. The predicted octanol–water partition coefficient (Wildman–Crippen LogP) is 3.32. The summed E-state index contributed by atoms with van der Waals surface area (Å²) in [5.41, 5.74) is 1.18. The van der Waals surface area contributed by atoms with Crippen LogP contribution in [0.1, 0.15) is 38.2 Å². The number of hydrogen-bond acceptors (Lipinski definition) is 2. The molecule has 1 amide bonds. The molecule has 2 rings (SSSR count). The minimum absolute atomic E-state index is 0.208. The quantitative estimate of drug-likeness (QED) is 0.758. The fourth-order valence-electron chi connectivity index (χ4n) is 2.30. The zero-order valence-corrected chi connectivity index (χ0v) is 12.5. The van der Waals surface area contributed by atoms with E-state index in [1.807, 2.05) is 18.2 Å². The number of thiol groups is 1. The molecule has 0 spiro atoms. The molecule has 0 radical (unpaired) electrons. The van der Waals surface area contributed by atoms with Crippen LogP contribution in [0.25, 0.3) is 0 Å². The number of carbonyl (C=O) groups excluding carboxylic acids is 1. The van der Waals surface area contributed by atoms with Crippen molar-refractivity contribution in [3.05, 3.63) is 35.9 Å². The summed E-state index contributed by atoms with van der Waals surface area (Å²) in [4.78, 5) is 14.5.